The molecule has 24 heavy (non-hydrogen) atoms. The molecule has 130 valence electrons. The summed E-state index contributed by atoms with van der Waals surface area (Å²) in [4.78, 5) is 26.6. The van der Waals surface area contributed by atoms with E-state index in [1.807, 2.05) is 51.1 Å². The van der Waals surface area contributed by atoms with Crippen LogP contribution in [0.2, 0.25) is 0 Å². The molecule has 5 nitrogen and oxygen atoms in total. The number of hydrogen-bond acceptors (Lipinski definition) is 4. The van der Waals surface area contributed by atoms with E-state index in [2.05, 4.69) is 6.58 Å². The molecule has 1 amide bonds. The average molecular weight is 331 g/mol. The van der Waals surface area contributed by atoms with Crippen molar-refractivity contribution in [1.82, 2.24) is 4.90 Å². The second kappa shape index (κ2) is 7.07. The molecule has 1 saturated heterocycles. The number of amides is 1. The van der Waals surface area contributed by atoms with Gasteiger partial charge in [0.15, 0.2) is 0 Å². The quantitative estimate of drug-likeness (QED) is 0.626. The molecule has 5 heteroatoms. The molecule has 0 unspecified atom stereocenters. The van der Waals surface area contributed by atoms with Crippen molar-refractivity contribution in [2.24, 2.45) is 5.92 Å². The predicted molar refractivity (Wildman–Crippen MR) is 91.4 cm³/mol. The van der Waals surface area contributed by atoms with Crippen LogP contribution in [0, 0.1) is 5.92 Å². The van der Waals surface area contributed by atoms with E-state index in [-0.39, 0.29) is 19.1 Å². The van der Waals surface area contributed by atoms with Crippen LogP contribution >= 0.6 is 0 Å². The van der Waals surface area contributed by atoms with E-state index in [0.29, 0.717) is 5.57 Å². The predicted octanol–water partition coefficient (Wildman–Crippen LogP) is 3.71. The van der Waals surface area contributed by atoms with Crippen LogP contribution in [0.3, 0.4) is 0 Å². The number of likely N-dealkylation sites (tertiary alicyclic amines) is 1. The van der Waals surface area contributed by atoms with Gasteiger partial charge in [0.2, 0.25) is 0 Å². The highest BCUT2D eigenvalue weighted by Crippen LogP contribution is 2.41. The second-order valence-electron chi connectivity index (χ2n) is 6.85. The Hall–Kier alpha value is -2.30. The molecule has 0 spiro atoms. The number of ether oxygens (including phenoxy) is 2. The minimum Gasteiger partial charge on any atom is -0.465 e. The minimum atomic E-state index is -0.609. The van der Waals surface area contributed by atoms with Gasteiger partial charge < -0.3 is 9.47 Å². The first-order valence-electron chi connectivity index (χ1n) is 8.13. The molecule has 0 radical (unpaired) electrons. The maximum atomic E-state index is 12.6. The second-order valence-corrected chi connectivity index (χ2v) is 6.85. The number of rotatable bonds is 3. The van der Waals surface area contributed by atoms with Gasteiger partial charge in [-0.05, 0) is 38.8 Å². The van der Waals surface area contributed by atoms with E-state index in [4.69, 9.17) is 9.47 Å². The zero-order chi connectivity index (χ0) is 17.9. The lowest BCUT2D eigenvalue weighted by molar-refractivity contribution is -0.147. The van der Waals surface area contributed by atoms with Crippen molar-refractivity contribution in [3.63, 3.8) is 0 Å². The Kier molecular flexibility index (Phi) is 5.32. The first kappa shape index (κ1) is 18.0. The lowest BCUT2D eigenvalue weighted by atomic mass is 9.91. The van der Waals surface area contributed by atoms with Crippen molar-refractivity contribution in [2.75, 3.05) is 13.2 Å². The number of carbonyl (C=O) groups excluding carboxylic acids is 2. The van der Waals surface area contributed by atoms with Crippen LogP contribution in [0.25, 0.3) is 0 Å². The van der Waals surface area contributed by atoms with Crippen LogP contribution < -0.4 is 0 Å². The van der Waals surface area contributed by atoms with Gasteiger partial charge in [0.1, 0.15) is 11.5 Å². The average Bonchev–Trinajstić information content (AvgIpc) is 2.84. The van der Waals surface area contributed by atoms with Crippen molar-refractivity contribution >= 4 is 12.1 Å². The summed E-state index contributed by atoms with van der Waals surface area (Å²) in [6.07, 6.45) is -0.454. The van der Waals surface area contributed by atoms with Crippen molar-refractivity contribution in [1.29, 1.82) is 0 Å². The van der Waals surface area contributed by atoms with Gasteiger partial charge >= 0.3 is 12.1 Å². The van der Waals surface area contributed by atoms with E-state index < -0.39 is 23.7 Å². The topological polar surface area (TPSA) is 55.8 Å². The van der Waals surface area contributed by atoms with E-state index in [1.165, 1.54) is 0 Å². The molecule has 2 rings (SSSR count). The SMILES string of the molecule is C=C1CN(C(=O)OC(C)(C)C)[C@@H](c2ccccc2)[C@@H]1C(=O)OCC. The molecule has 1 aliphatic rings. The molecular formula is C19H25NO4. The highest BCUT2D eigenvalue weighted by molar-refractivity contribution is 5.81. The molecule has 0 bridgehead atoms. The Morgan fingerprint density at radius 1 is 1.25 bits per heavy atom. The third-order valence-corrected chi connectivity index (χ3v) is 3.77. The van der Waals surface area contributed by atoms with Crippen LogP contribution in [0.1, 0.15) is 39.3 Å². The van der Waals surface area contributed by atoms with Gasteiger partial charge in [0.05, 0.1) is 12.6 Å². The number of hydrogen-bond donors (Lipinski definition) is 0. The molecule has 1 aromatic rings. The van der Waals surface area contributed by atoms with Gasteiger partial charge in [0, 0.05) is 6.54 Å². The molecule has 1 aliphatic heterocycles. The molecular weight excluding hydrogens is 306 g/mol. The fourth-order valence-electron chi connectivity index (χ4n) is 2.87. The summed E-state index contributed by atoms with van der Waals surface area (Å²) in [5, 5.41) is 0. The Balaban J connectivity index is 2.38. The summed E-state index contributed by atoms with van der Waals surface area (Å²) in [5.41, 5.74) is 0.912. The van der Waals surface area contributed by atoms with Gasteiger partial charge in [-0.25, -0.2) is 4.79 Å². The summed E-state index contributed by atoms with van der Waals surface area (Å²) in [6.45, 7) is 11.8. The standard InChI is InChI=1S/C19H25NO4/c1-6-23-17(21)15-13(2)12-20(18(22)24-19(3,4)5)16(15)14-10-8-7-9-11-14/h7-11,15-16H,2,6,12H2,1,3-5H3/t15-,16+/m1/s1. The highest BCUT2D eigenvalue weighted by atomic mass is 16.6. The normalized spacial score (nSPS) is 20.8. The fraction of sp³-hybridized carbons (Fsp3) is 0.474. The minimum absolute atomic E-state index is 0.276. The molecule has 1 fully saturated rings. The Morgan fingerprint density at radius 3 is 2.42 bits per heavy atom. The zero-order valence-corrected chi connectivity index (χ0v) is 14.7. The number of esters is 1. The first-order chi connectivity index (χ1) is 11.2. The molecule has 0 N–H and O–H groups in total. The first-order valence-corrected chi connectivity index (χ1v) is 8.13. The summed E-state index contributed by atoms with van der Waals surface area (Å²) in [7, 11) is 0. The Labute approximate surface area is 143 Å². The summed E-state index contributed by atoms with van der Waals surface area (Å²) >= 11 is 0. The third kappa shape index (κ3) is 3.96. The summed E-state index contributed by atoms with van der Waals surface area (Å²) in [5.74, 6) is -0.942. The van der Waals surface area contributed by atoms with Gasteiger partial charge in [-0.3, -0.25) is 9.69 Å². The lowest BCUT2D eigenvalue weighted by Crippen LogP contribution is -2.38. The van der Waals surface area contributed by atoms with Crippen LogP contribution in [0.4, 0.5) is 4.79 Å². The lowest BCUT2D eigenvalue weighted by Gasteiger charge is -2.30. The number of benzene rings is 1. The summed E-state index contributed by atoms with van der Waals surface area (Å²) in [6, 6.07) is 8.98. The van der Waals surface area contributed by atoms with Gasteiger partial charge in [-0.1, -0.05) is 36.9 Å². The molecule has 0 aromatic heterocycles. The molecule has 1 heterocycles. The molecule has 1 aromatic carbocycles. The van der Waals surface area contributed by atoms with E-state index in [9.17, 15) is 9.59 Å². The maximum absolute atomic E-state index is 12.6. The van der Waals surface area contributed by atoms with Gasteiger partial charge in [0.25, 0.3) is 0 Å². The van der Waals surface area contributed by atoms with Crippen molar-refractivity contribution in [3.8, 4) is 0 Å². The van der Waals surface area contributed by atoms with Gasteiger partial charge in [-0.15, -0.1) is 0 Å². The zero-order valence-electron chi connectivity index (χ0n) is 14.7. The monoisotopic (exact) mass is 331 g/mol. The van der Waals surface area contributed by atoms with Crippen molar-refractivity contribution < 1.29 is 19.1 Å². The molecule has 2 atom stereocenters. The van der Waals surface area contributed by atoms with E-state index in [0.717, 1.165) is 5.56 Å². The van der Waals surface area contributed by atoms with Crippen LogP contribution in [-0.2, 0) is 14.3 Å². The maximum Gasteiger partial charge on any atom is 0.411 e. The van der Waals surface area contributed by atoms with Crippen LogP contribution in [-0.4, -0.2) is 35.7 Å². The molecule has 0 saturated carbocycles. The van der Waals surface area contributed by atoms with Crippen molar-refractivity contribution in [3.05, 3.63) is 48.0 Å². The van der Waals surface area contributed by atoms with Gasteiger partial charge in [-0.2, -0.15) is 0 Å². The highest BCUT2D eigenvalue weighted by Gasteiger charge is 2.46. The Bertz CT molecular complexity index is 618. The summed E-state index contributed by atoms with van der Waals surface area (Å²) < 4.78 is 10.7. The third-order valence-electron chi connectivity index (χ3n) is 3.77. The van der Waals surface area contributed by atoms with Crippen LogP contribution in [0.5, 0.6) is 0 Å². The fourth-order valence-corrected chi connectivity index (χ4v) is 2.87. The van der Waals surface area contributed by atoms with Crippen molar-refractivity contribution in [2.45, 2.75) is 39.3 Å². The Morgan fingerprint density at radius 2 is 1.88 bits per heavy atom. The van der Waals surface area contributed by atoms with Crippen LogP contribution in [0.15, 0.2) is 42.5 Å². The van der Waals surface area contributed by atoms with E-state index in [1.54, 1.807) is 11.8 Å². The number of nitrogens with zero attached hydrogens (tertiary/aromatic N) is 1. The smallest absolute Gasteiger partial charge is 0.411 e. The van der Waals surface area contributed by atoms with E-state index >= 15 is 0 Å². The largest absolute Gasteiger partial charge is 0.465 e. The number of carbonyl (C=O) groups is 2. The molecule has 0 aliphatic carbocycles.